The highest BCUT2D eigenvalue weighted by atomic mass is 16.4. The summed E-state index contributed by atoms with van der Waals surface area (Å²) in [6.07, 6.45) is -1.09. The summed E-state index contributed by atoms with van der Waals surface area (Å²) >= 11 is 0. The van der Waals surface area contributed by atoms with Crippen molar-refractivity contribution in [2.75, 3.05) is 5.32 Å². The number of rotatable bonds is 2. The Morgan fingerprint density at radius 2 is 1.95 bits per heavy atom. The van der Waals surface area contributed by atoms with Crippen LogP contribution in [-0.2, 0) is 0 Å². The number of carboxylic acid groups (broad SMARTS) is 1. The van der Waals surface area contributed by atoms with E-state index < -0.39 is 6.09 Å². The Hall–Kier alpha value is -2.82. The Morgan fingerprint density at radius 3 is 2.68 bits per heavy atom. The zero-order chi connectivity index (χ0) is 13.2. The summed E-state index contributed by atoms with van der Waals surface area (Å²) in [6, 6.07) is 15.0. The third-order valence-electron chi connectivity index (χ3n) is 2.78. The lowest BCUT2D eigenvalue weighted by atomic mass is 10.2. The zero-order valence-electron chi connectivity index (χ0n) is 9.92. The molecule has 0 spiro atoms. The van der Waals surface area contributed by atoms with Gasteiger partial charge in [-0.15, -0.1) is 0 Å². The summed E-state index contributed by atoms with van der Waals surface area (Å²) in [4.78, 5) is 18.3. The molecule has 94 valence electrons. The molecule has 3 rings (SSSR count). The molecule has 0 unspecified atom stereocenters. The van der Waals surface area contributed by atoms with Gasteiger partial charge in [0.25, 0.3) is 0 Å². The van der Waals surface area contributed by atoms with Crippen molar-refractivity contribution in [2.24, 2.45) is 0 Å². The topological polar surface area (TPSA) is 78.0 Å². The van der Waals surface area contributed by atoms with Gasteiger partial charge in [-0.3, -0.25) is 5.32 Å². The van der Waals surface area contributed by atoms with Crippen LogP contribution in [0.1, 0.15) is 0 Å². The molecule has 5 nitrogen and oxygen atoms in total. The molecule has 3 aromatic rings. The van der Waals surface area contributed by atoms with Crippen molar-refractivity contribution in [3.63, 3.8) is 0 Å². The summed E-state index contributed by atoms with van der Waals surface area (Å²) in [5, 5.41) is 11.0. The second kappa shape index (κ2) is 4.45. The summed E-state index contributed by atoms with van der Waals surface area (Å²) < 4.78 is 0. The molecule has 0 saturated heterocycles. The van der Waals surface area contributed by atoms with Crippen LogP contribution in [0.5, 0.6) is 0 Å². The van der Waals surface area contributed by atoms with Crippen molar-refractivity contribution in [2.45, 2.75) is 0 Å². The summed E-state index contributed by atoms with van der Waals surface area (Å²) in [5.41, 5.74) is 3.09. The normalized spacial score (nSPS) is 10.5. The molecule has 0 atom stereocenters. The lowest BCUT2D eigenvalue weighted by Crippen LogP contribution is -2.06. The molecule has 19 heavy (non-hydrogen) atoms. The number of nitrogens with zero attached hydrogens (tertiary/aromatic N) is 1. The quantitative estimate of drug-likeness (QED) is 0.655. The maximum Gasteiger partial charge on any atom is 0.409 e. The van der Waals surface area contributed by atoms with Crippen molar-refractivity contribution in [1.82, 2.24) is 9.97 Å². The smallest absolute Gasteiger partial charge is 0.409 e. The van der Waals surface area contributed by atoms with E-state index in [1.807, 2.05) is 30.3 Å². The van der Waals surface area contributed by atoms with Crippen molar-refractivity contribution in [1.29, 1.82) is 0 Å². The van der Waals surface area contributed by atoms with Crippen LogP contribution >= 0.6 is 0 Å². The monoisotopic (exact) mass is 253 g/mol. The molecule has 3 N–H and O–H groups in total. The van der Waals surface area contributed by atoms with Gasteiger partial charge in [0, 0.05) is 11.3 Å². The summed E-state index contributed by atoms with van der Waals surface area (Å²) in [5.74, 6) is 0.767. The van der Waals surface area contributed by atoms with Crippen molar-refractivity contribution >= 4 is 22.8 Å². The Balaban J connectivity index is 2.04. The lowest BCUT2D eigenvalue weighted by molar-refractivity contribution is 0.210. The number of carbonyl (C=O) groups is 1. The van der Waals surface area contributed by atoms with E-state index in [9.17, 15) is 4.79 Å². The van der Waals surface area contributed by atoms with Crippen LogP contribution < -0.4 is 5.32 Å². The average Bonchev–Trinajstić information content (AvgIpc) is 2.82. The van der Waals surface area contributed by atoms with Crippen LogP contribution in [0.4, 0.5) is 10.5 Å². The number of hydrogen-bond donors (Lipinski definition) is 3. The molecule has 0 fully saturated rings. The van der Waals surface area contributed by atoms with Crippen LogP contribution in [0.15, 0.2) is 48.5 Å². The highest BCUT2D eigenvalue weighted by molar-refractivity contribution is 5.88. The number of H-pyrrole nitrogens is 1. The Labute approximate surface area is 108 Å². The fraction of sp³-hybridized carbons (Fsp3) is 0. The Morgan fingerprint density at radius 1 is 1.16 bits per heavy atom. The highest BCUT2D eigenvalue weighted by Gasteiger charge is 2.06. The van der Waals surface area contributed by atoms with Gasteiger partial charge in [-0.1, -0.05) is 30.3 Å². The summed E-state index contributed by atoms with van der Waals surface area (Å²) in [6.45, 7) is 0. The number of benzene rings is 2. The minimum absolute atomic E-state index is 0.506. The van der Waals surface area contributed by atoms with E-state index in [0.29, 0.717) is 5.69 Å². The molecule has 1 aromatic heterocycles. The molecule has 1 heterocycles. The minimum atomic E-state index is -1.09. The van der Waals surface area contributed by atoms with Crippen LogP contribution in [-0.4, -0.2) is 21.2 Å². The third kappa shape index (κ3) is 2.26. The van der Waals surface area contributed by atoms with Gasteiger partial charge >= 0.3 is 6.09 Å². The van der Waals surface area contributed by atoms with E-state index in [1.54, 1.807) is 18.2 Å². The molecule has 5 heteroatoms. The molecule has 0 saturated carbocycles. The lowest BCUT2D eigenvalue weighted by Gasteiger charge is -1.98. The van der Waals surface area contributed by atoms with Crippen LogP contribution in [0, 0.1) is 0 Å². The second-order valence-electron chi connectivity index (χ2n) is 4.11. The first-order chi connectivity index (χ1) is 9.22. The van der Waals surface area contributed by atoms with Gasteiger partial charge in [0.05, 0.1) is 11.0 Å². The molecular weight excluding hydrogens is 242 g/mol. The summed E-state index contributed by atoms with van der Waals surface area (Å²) in [7, 11) is 0. The molecule has 0 aliphatic carbocycles. The van der Waals surface area contributed by atoms with Crippen LogP contribution in [0.2, 0.25) is 0 Å². The van der Waals surface area contributed by atoms with Gasteiger partial charge < -0.3 is 10.1 Å². The third-order valence-corrected chi connectivity index (χ3v) is 2.78. The minimum Gasteiger partial charge on any atom is -0.465 e. The molecule has 2 aromatic carbocycles. The van der Waals surface area contributed by atoms with Crippen molar-refractivity contribution in [3.8, 4) is 11.4 Å². The van der Waals surface area contributed by atoms with Crippen LogP contribution in [0.25, 0.3) is 22.4 Å². The van der Waals surface area contributed by atoms with Gasteiger partial charge in [-0.05, 0) is 18.2 Å². The SMILES string of the molecule is O=C(O)Nc1ccc2[nH]c(-c3ccccc3)nc2c1. The van der Waals surface area contributed by atoms with Gasteiger partial charge in [0.2, 0.25) is 0 Å². The van der Waals surface area contributed by atoms with Gasteiger partial charge in [-0.25, -0.2) is 9.78 Å². The molecular formula is C14H11N3O2. The predicted octanol–water partition coefficient (Wildman–Crippen LogP) is 3.32. The largest absolute Gasteiger partial charge is 0.465 e. The Bertz CT molecular complexity index is 735. The Kier molecular flexibility index (Phi) is 2.64. The number of imidazole rings is 1. The molecule has 0 bridgehead atoms. The number of aromatic amines is 1. The number of aromatic nitrogens is 2. The molecule has 0 aliphatic heterocycles. The van der Waals surface area contributed by atoms with Crippen molar-refractivity contribution in [3.05, 3.63) is 48.5 Å². The number of anilines is 1. The van der Waals surface area contributed by atoms with E-state index in [0.717, 1.165) is 22.4 Å². The first-order valence-corrected chi connectivity index (χ1v) is 5.77. The number of hydrogen-bond acceptors (Lipinski definition) is 2. The molecule has 0 radical (unpaired) electrons. The van der Waals surface area contributed by atoms with Crippen molar-refractivity contribution < 1.29 is 9.90 Å². The maximum absolute atomic E-state index is 10.6. The van der Waals surface area contributed by atoms with Gasteiger partial charge in [-0.2, -0.15) is 0 Å². The zero-order valence-corrected chi connectivity index (χ0v) is 9.92. The second-order valence-corrected chi connectivity index (χ2v) is 4.11. The fourth-order valence-corrected chi connectivity index (χ4v) is 1.94. The van der Waals surface area contributed by atoms with Crippen LogP contribution in [0.3, 0.4) is 0 Å². The first kappa shape index (κ1) is 11.3. The number of nitrogens with one attached hydrogen (secondary N) is 2. The fourth-order valence-electron chi connectivity index (χ4n) is 1.94. The van der Waals surface area contributed by atoms with E-state index >= 15 is 0 Å². The van der Waals surface area contributed by atoms with E-state index in [4.69, 9.17) is 5.11 Å². The number of amides is 1. The first-order valence-electron chi connectivity index (χ1n) is 5.77. The van der Waals surface area contributed by atoms with Gasteiger partial charge in [0.1, 0.15) is 5.82 Å². The average molecular weight is 253 g/mol. The predicted molar refractivity (Wildman–Crippen MR) is 73.2 cm³/mol. The number of fused-ring (bicyclic) bond motifs is 1. The highest BCUT2D eigenvalue weighted by Crippen LogP contribution is 2.22. The maximum atomic E-state index is 10.6. The molecule has 0 aliphatic rings. The van der Waals surface area contributed by atoms with E-state index in [-0.39, 0.29) is 0 Å². The van der Waals surface area contributed by atoms with E-state index in [1.165, 1.54) is 0 Å². The van der Waals surface area contributed by atoms with Gasteiger partial charge in [0.15, 0.2) is 0 Å². The van der Waals surface area contributed by atoms with E-state index in [2.05, 4.69) is 15.3 Å². The standard InChI is InChI=1S/C14H11N3O2/c18-14(19)15-10-6-7-11-12(8-10)17-13(16-11)9-4-2-1-3-5-9/h1-8,15H,(H,16,17)(H,18,19). The molecule has 1 amide bonds.